The third-order valence-electron chi connectivity index (χ3n) is 2.16. The van der Waals surface area contributed by atoms with E-state index < -0.39 is 11.5 Å². The Morgan fingerprint density at radius 1 is 1.08 bits per heavy atom. The van der Waals surface area contributed by atoms with Crippen LogP contribution < -0.4 is 11.1 Å². The van der Waals surface area contributed by atoms with E-state index in [-0.39, 0.29) is 0 Å². The molecule has 2 aromatic heterocycles. The van der Waals surface area contributed by atoms with E-state index in [1.165, 1.54) is 14.2 Å². The van der Waals surface area contributed by atoms with Crippen LogP contribution in [0.15, 0.2) is 45.9 Å². The fraction of sp³-hybridized carbons (Fsp3) is 0.143. The monoisotopic (exact) mass is 496 g/mol. The van der Waals surface area contributed by atoms with Gasteiger partial charge in [0.1, 0.15) is 0 Å². The van der Waals surface area contributed by atoms with Gasteiger partial charge in [-0.15, -0.1) is 0 Å². The maximum atomic E-state index is 10.8. The molecule has 0 aliphatic heterocycles. The van der Waals surface area contributed by atoms with Gasteiger partial charge >= 0.3 is 11.5 Å². The van der Waals surface area contributed by atoms with Crippen molar-refractivity contribution in [3.05, 3.63) is 45.9 Å². The number of nitrogens with one attached hydrogen (secondary N) is 1. The van der Waals surface area contributed by atoms with Crippen LogP contribution in [0.2, 0.25) is 0 Å². The number of nitrogens with zero attached hydrogens (tertiary/aromatic N) is 2. The first-order valence-corrected chi connectivity index (χ1v) is 8.31. The van der Waals surface area contributed by atoms with E-state index in [0.717, 1.165) is 14.6 Å². The molecule has 1 amide bonds. The summed E-state index contributed by atoms with van der Waals surface area (Å²) in [5, 5.41) is 2.51. The summed E-state index contributed by atoms with van der Waals surface area (Å²) in [6.07, 6.45) is 5.98. The molecule has 0 aliphatic rings. The number of aromatic nitrogens is 2. The molecule has 8 nitrogen and oxygen atoms in total. The van der Waals surface area contributed by atoms with Gasteiger partial charge in [-0.25, -0.2) is 9.59 Å². The number of anilines is 2. The van der Waals surface area contributed by atoms with Crippen LogP contribution in [0.5, 0.6) is 0 Å². The highest BCUT2D eigenvalue weighted by Gasteiger charge is 2.02. The molecule has 0 spiro atoms. The minimum Gasteiger partial charge on any atom is -0.457 e. The largest absolute Gasteiger partial charge is 0.457 e. The number of hydrogen-bond acceptors (Lipinski definition) is 7. The highest BCUT2D eigenvalue weighted by Crippen LogP contribution is 2.19. The number of carbonyl (C=O) groups is 2. The molecule has 0 aliphatic carbocycles. The smallest absolute Gasteiger partial charge is 0.411 e. The number of nitrogen functional groups attached to an aromatic ring is 1. The lowest BCUT2D eigenvalue weighted by Gasteiger charge is -2.03. The van der Waals surface area contributed by atoms with E-state index in [0.29, 0.717) is 5.69 Å². The van der Waals surface area contributed by atoms with E-state index in [2.05, 4.69) is 68.2 Å². The minimum atomic E-state index is -0.773. The molecule has 2 aromatic rings. The number of pyridine rings is 2. The Morgan fingerprint density at radius 2 is 1.60 bits per heavy atom. The van der Waals surface area contributed by atoms with Crippen molar-refractivity contribution < 1.29 is 19.1 Å². The Balaban J connectivity index is 0.000000382. The second-order valence-corrected chi connectivity index (χ2v) is 5.83. The maximum absolute atomic E-state index is 10.8. The van der Waals surface area contributed by atoms with Crippen molar-refractivity contribution in [3.63, 3.8) is 0 Å². The van der Waals surface area contributed by atoms with Gasteiger partial charge in [0.15, 0.2) is 0 Å². The van der Waals surface area contributed by atoms with Crippen LogP contribution in [0.3, 0.4) is 0 Å². The minimum absolute atomic E-state index is 0.498. The number of hydrogen-bond donors (Lipinski definition) is 2. The van der Waals surface area contributed by atoms with Crippen molar-refractivity contribution >= 4 is 66.4 Å². The van der Waals surface area contributed by atoms with Gasteiger partial charge in [0.25, 0.3) is 0 Å². The van der Waals surface area contributed by atoms with Crippen LogP contribution in [0.4, 0.5) is 21.0 Å². The molecule has 0 saturated heterocycles. The SMILES string of the molecule is COC(=O)Cl.COC(=O)Nc1ccncc1Br.Nc1ccncc1Br. The Hall–Kier alpha value is -1.91. The normalized spacial score (nSPS) is 8.68. The highest BCUT2D eigenvalue weighted by atomic mass is 79.9. The number of carbonyl (C=O) groups excluding carboxylic acids is 2. The van der Waals surface area contributed by atoms with Crippen molar-refractivity contribution in [3.8, 4) is 0 Å². The van der Waals surface area contributed by atoms with Gasteiger partial charge in [-0.1, -0.05) is 0 Å². The molecule has 0 aromatic carbocycles. The first kappa shape index (κ1) is 23.1. The van der Waals surface area contributed by atoms with Crippen molar-refractivity contribution in [1.29, 1.82) is 0 Å². The lowest BCUT2D eigenvalue weighted by atomic mass is 10.4. The van der Waals surface area contributed by atoms with Crippen LogP contribution in [-0.4, -0.2) is 35.7 Å². The second-order valence-electron chi connectivity index (χ2n) is 3.81. The van der Waals surface area contributed by atoms with Crippen LogP contribution >= 0.6 is 43.5 Å². The second kappa shape index (κ2) is 13.4. The number of amides is 1. The molecule has 0 radical (unpaired) electrons. The summed E-state index contributed by atoms with van der Waals surface area (Å²) in [7, 11) is 2.53. The Morgan fingerprint density at radius 3 is 1.96 bits per heavy atom. The maximum Gasteiger partial charge on any atom is 0.411 e. The lowest BCUT2D eigenvalue weighted by molar-refractivity contribution is 0.187. The summed E-state index contributed by atoms with van der Waals surface area (Å²) in [6.45, 7) is 0. The molecular weight excluding hydrogens is 483 g/mol. The predicted octanol–water partition coefficient (Wildman–Crippen LogP) is 4.44. The molecule has 136 valence electrons. The standard InChI is InChI=1S/C7H7BrN2O2.C5H5BrN2.C2H3ClO2/c1-12-7(11)10-6-2-3-9-4-5(6)8;6-4-3-8-2-1-5(4)7;1-5-2(3)4/h2-4H,1H3,(H,9,10,11);1-3H,(H2,7,8);1H3. The zero-order valence-corrected chi connectivity index (χ0v) is 17.1. The van der Waals surface area contributed by atoms with E-state index in [1.807, 2.05) is 0 Å². The summed E-state index contributed by atoms with van der Waals surface area (Å²) in [6, 6.07) is 3.41. The van der Waals surface area contributed by atoms with Crippen LogP contribution in [0.1, 0.15) is 0 Å². The van der Waals surface area contributed by atoms with Crippen molar-refractivity contribution in [2.75, 3.05) is 25.3 Å². The van der Waals surface area contributed by atoms with Crippen LogP contribution in [0, 0.1) is 0 Å². The molecule has 2 rings (SSSR count). The quantitative estimate of drug-likeness (QED) is 0.558. The van der Waals surface area contributed by atoms with Crippen LogP contribution in [0.25, 0.3) is 0 Å². The molecular formula is C14H15Br2ClN4O4. The van der Waals surface area contributed by atoms with Gasteiger partial charge in [-0.3, -0.25) is 15.3 Å². The topological polar surface area (TPSA) is 116 Å². The van der Waals surface area contributed by atoms with Gasteiger partial charge in [0.2, 0.25) is 0 Å². The van der Waals surface area contributed by atoms with Crippen molar-refractivity contribution in [2.45, 2.75) is 0 Å². The summed E-state index contributed by atoms with van der Waals surface area (Å²) in [5.41, 5.74) is 6.02. The summed E-state index contributed by atoms with van der Waals surface area (Å²) in [5.74, 6) is 0. The molecule has 11 heteroatoms. The number of ether oxygens (including phenoxy) is 2. The molecule has 25 heavy (non-hydrogen) atoms. The average molecular weight is 499 g/mol. The van der Waals surface area contributed by atoms with Gasteiger partial charge in [0.05, 0.1) is 28.9 Å². The number of methoxy groups -OCH3 is 2. The number of rotatable bonds is 1. The highest BCUT2D eigenvalue weighted by molar-refractivity contribution is 9.11. The van der Waals surface area contributed by atoms with Crippen molar-refractivity contribution in [1.82, 2.24) is 9.97 Å². The molecule has 0 atom stereocenters. The van der Waals surface area contributed by atoms with E-state index in [1.54, 1.807) is 36.9 Å². The fourth-order valence-electron chi connectivity index (χ4n) is 1.02. The number of halogens is 3. The zero-order chi connectivity index (χ0) is 19.2. The average Bonchev–Trinajstić information content (AvgIpc) is 2.60. The van der Waals surface area contributed by atoms with Gasteiger partial charge in [0, 0.05) is 42.1 Å². The van der Waals surface area contributed by atoms with Gasteiger partial charge < -0.3 is 15.2 Å². The third kappa shape index (κ3) is 11.3. The van der Waals surface area contributed by atoms with E-state index in [9.17, 15) is 9.59 Å². The Labute approximate surface area is 166 Å². The summed E-state index contributed by atoms with van der Waals surface area (Å²) >= 11 is 11.0. The first-order valence-electron chi connectivity index (χ1n) is 6.34. The molecule has 3 N–H and O–H groups in total. The molecule has 0 unspecified atom stereocenters. The molecule has 2 heterocycles. The Bertz CT molecular complexity index is 670. The summed E-state index contributed by atoms with van der Waals surface area (Å²) < 4.78 is 9.86. The number of nitrogens with two attached hydrogens (primary N) is 1. The predicted molar refractivity (Wildman–Crippen MR) is 103 cm³/mol. The fourth-order valence-corrected chi connectivity index (χ4v) is 1.62. The molecule has 0 saturated carbocycles. The third-order valence-corrected chi connectivity index (χ3v) is 3.61. The van der Waals surface area contributed by atoms with E-state index >= 15 is 0 Å². The lowest BCUT2D eigenvalue weighted by Crippen LogP contribution is -2.11. The van der Waals surface area contributed by atoms with Crippen molar-refractivity contribution in [2.24, 2.45) is 0 Å². The molecule has 0 fully saturated rings. The Kier molecular flexibility index (Phi) is 12.4. The molecule has 0 bridgehead atoms. The first-order chi connectivity index (χ1) is 11.8. The van der Waals surface area contributed by atoms with Crippen LogP contribution in [-0.2, 0) is 9.47 Å². The van der Waals surface area contributed by atoms with Gasteiger partial charge in [-0.05, 0) is 44.0 Å². The summed E-state index contributed by atoms with van der Waals surface area (Å²) in [4.78, 5) is 27.8. The van der Waals surface area contributed by atoms with Gasteiger partial charge in [-0.2, -0.15) is 0 Å². The zero-order valence-electron chi connectivity index (χ0n) is 13.2. The van der Waals surface area contributed by atoms with E-state index in [4.69, 9.17) is 5.73 Å².